The Morgan fingerprint density at radius 1 is 1.25 bits per heavy atom. The Morgan fingerprint density at radius 2 is 2.00 bits per heavy atom. The molecular weight excluding hydrogens is 304 g/mol. The van der Waals surface area contributed by atoms with Crippen molar-refractivity contribution in [2.75, 3.05) is 10.6 Å². The largest absolute Gasteiger partial charge is 0.489 e. The maximum Gasteiger partial charge on any atom is 0.274 e. The first-order valence-corrected chi connectivity index (χ1v) is 8.20. The van der Waals surface area contributed by atoms with Gasteiger partial charge in [-0.15, -0.1) is 0 Å². The van der Waals surface area contributed by atoms with Crippen molar-refractivity contribution in [3.63, 3.8) is 0 Å². The number of para-hydroxylation sites is 2. The minimum absolute atomic E-state index is 0.0266. The summed E-state index contributed by atoms with van der Waals surface area (Å²) in [5.41, 5.74) is 0.967. The highest BCUT2D eigenvalue weighted by molar-refractivity contribution is 6.04. The molecular formula is C18H22N4O2. The molecule has 1 aromatic carbocycles. The zero-order valence-electron chi connectivity index (χ0n) is 14.2. The topological polar surface area (TPSA) is 76.1 Å². The molecule has 1 aliphatic rings. The first kappa shape index (κ1) is 16.2. The van der Waals surface area contributed by atoms with E-state index in [1.54, 1.807) is 13.0 Å². The van der Waals surface area contributed by atoms with Gasteiger partial charge in [-0.3, -0.25) is 4.79 Å². The molecule has 6 nitrogen and oxygen atoms in total. The number of aromatic nitrogens is 2. The number of anilines is 2. The van der Waals surface area contributed by atoms with Crippen molar-refractivity contribution >= 4 is 17.4 Å². The smallest absolute Gasteiger partial charge is 0.274 e. The van der Waals surface area contributed by atoms with Gasteiger partial charge in [-0.25, -0.2) is 9.97 Å². The number of aryl methyl sites for hydroxylation is 1. The van der Waals surface area contributed by atoms with E-state index in [0.717, 1.165) is 12.8 Å². The standard InChI is InChI=1S/C18H22N4O2/c1-11(2)24-16-7-5-4-6-14(16)22-18(23)15-10-17(20-12(3)19-15)21-13-8-9-13/h4-7,10-11,13H,8-9H2,1-3H3,(H,22,23)(H,19,20,21). The van der Waals surface area contributed by atoms with Gasteiger partial charge in [0, 0.05) is 12.1 Å². The van der Waals surface area contributed by atoms with Crippen LogP contribution in [0.2, 0.25) is 0 Å². The average molecular weight is 326 g/mol. The van der Waals surface area contributed by atoms with Crippen molar-refractivity contribution < 1.29 is 9.53 Å². The van der Waals surface area contributed by atoms with Crippen LogP contribution in [0.3, 0.4) is 0 Å². The number of hydrogen-bond donors (Lipinski definition) is 2. The van der Waals surface area contributed by atoms with Crippen LogP contribution in [0, 0.1) is 6.92 Å². The Balaban J connectivity index is 1.78. The normalized spacial score (nSPS) is 13.7. The van der Waals surface area contributed by atoms with Crippen LogP contribution in [0.25, 0.3) is 0 Å². The summed E-state index contributed by atoms with van der Waals surface area (Å²) in [5, 5.41) is 6.17. The molecule has 6 heteroatoms. The van der Waals surface area contributed by atoms with E-state index in [0.29, 0.717) is 34.8 Å². The lowest BCUT2D eigenvalue weighted by Crippen LogP contribution is -2.17. The Morgan fingerprint density at radius 3 is 2.71 bits per heavy atom. The number of ether oxygens (including phenoxy) is 1. The van der Waals surface area contributed by atoms with E-state index in [9.17, 15) is 4.79 Å². The summed E-state index contributed by atoms with van der Waals surface area (Å²) in [6.07, 6.45) is 2.31. The maximum absolute atomic E-state index is 12.6. The third-order valence-electron chi connectivity index (χ3n) is 3.50. The number of hydrogen-bond acceptors (Lipinski definition) is 5. The number of nitrogens with one attached hydrogen (secondary N) is 2. The summed E-state index contributed by atoms with van der Waals surface area (Å²) in [7, 11) is 0. The van der Waals surface area contributed by atoms with Gasteiger partial charge in [-0.2, -0.15) is 0 Å². The second-order valence-electron chi connectivity index (χ2n) is 6.22. The lowest BCUT2D eigenvalue weighted by Gasteiger charge is -2.15. The third-order valence-corrected chi connectivity index (χ3v) is 3.50. The predicted molar refractivity (Wildman–Crippen MR) is 93.6 cm³/mol. The Bertz CT molecular complexity index is 742. The van der Waals surface area contributed by atoms with Crippen LogP contribution in [0.15, 0.2) is 30.3 Å². The van der Waals surface area contributed by atoms with Gasteiger partial charge in [-0.05, 0) is 45.7 Å². The molecule has 1 amide bonds. The van der Waals surface area contributed by atoms with E-state index in [-0.39, 0.29) is 12.0 Å². The second kappa shape index (κ2) is 6.86. The van der Waals surface area contributed by atoms with Crippen LogP contribution >= 0.6 is 0 Å². The van der Waals surface area contributed by atoms with Crippen LogP contribution in [-0.2, 0) is 0 Å². The van der Waals surface area contributed by atoms with E-state index in [1.165, 1.54) is 0 Å². The first-order valence-electron chi connectivity index (χ1n) is 8.20. The monoisotopic (exact) mass is 326 g/mol. The van der Waals surface area contributed by atoms with E-state index >= 15 is 0 Å². The van der Waals surface area contributed by atoms with Gasteiger partial charge in [0.1, 0.15) is 23.1 Å². The molecule has 1 heterocycles. The molecule has 0 unspecified atom stereocenters. The van der Waals surface area contributed by atoms with Gasteiger partial charge in [0.2, 0.25) is 0 Å². The minimum atomic E-state index is -0.279. The summed E-state index contributed by atoms with van der Waals surface area (Å²) in [5.74, 6) is 1.63. The number of nitrogens with zero attached hydrogens (tertiary/aromatic N) is 2. The molecule has 24 heavy (non-hydrogen) atoms. The number of benzene rings is 1. The van der Waals surface area contributed by atoms with Crippen LogP contribution < -0.4 is 15.4 Å². The number of carbonyl (C=O) groups excluding carboxylic acids is 1. The van der Waals surface area contributed by atoms with Crippen LogP contribution in [0.1, 0.15) is 43.0 Å². The summed E-state index contributed by atoms with van der Waals surface area (Å²) in [6, 6.07) is 9.53. The third kappa shape index (κ3) is 4.22. The van der Waals surface area contributed by atoms with Crippen LogP contribution in [0.5, 0.6) is 5.75 Å². The fourth-order valence-corrected chi connectivity index (χ4v) is 2.31. The van der Waals surface area contributed by atoms with Gasteiger partial charge in [0.05, 0.1) is 11.8 Å². The second-order valence-corrected chi connectivity index (χ2v) is 6.22. The highest BCUT2D eigenvalue weighted by Crippen LogP contribution is 2.26. The molecule has 3 rings (SSSR count). The summed E-state index contributed by atoms with van der Waals surface area (Å²) in [6.45, 7) is 5.68. The Labute approximate surface area is 141 Å². The fraction of sp³-hybridized carbons (Fsp3) is 0.389. The van der Waals surface area contributed by atoms with Crippen molar-refractivity contribution in [2.24, 2.45) is 0 Å². The zero-order valence-corrected chi connectivity index (χ0v) is 14.2. The molecule has 0 spiro atoms. The van der Waals surface area contributed by atoms with Gasteiger partial charge in [-0.1, -0.05) is 12.1 Å². The van der Waals surface area contributed by atoms with Gasteiger partial charge in [0.25, 0.3) is 5.91 Å². The van der Waals surface area contributed by atoms with E-state index < -0.39 is 0 Å². The van der Waals surface area contributed by atoms with Gasteiger partial charge >= 0.3 is 0 Å². The zero-order chi connectivity index (χ0) is 17.1. The predicted octanol–water partition coefficient (Wildman–Crippen LogP) is 3.40. The molecule has 0 atom stereocenters. The maximum atomic E-state index is 12.6. The Hall–Kier alpha value is -2.63. The molecule has 0 bridgehead atoms. The average Bonchev–Trinajstić information content (AvgIpc) is 3.32. The fourth-order valence-electron chi connectivity index (χ4n) is 2.31. The molecule has 1 saturated carbocycles. The SMILES string of the molecule is Cc1nc(NC2CC2)cc(C(=O)Nc2ccccc2OC(C)C)n1. The lowest BCUT2D eigenvalue weighted by atomic mass is 10.2. The summed E-state index contributed by atoms with van der Waals surface area (Å²) in [4.78, 5) is 21.2. The molecule has 126 valence electrons. The van der Waals surface area contributed by atoms with Crippen molar-refractivity contribution in [3.05, 3.63) is 41.9 Å². The molecule has 1 fully saturated rings. The molecule has 2 aromatic rings. The first-order chi connectivity index (χ1) is 11.5. The van der Waals surface area contributed by atoms with Gasteiger partial charge < -0.3 is 15.4 Å². The molecule has 1 aliphatic carbocycles. The lowest BCUT2D eigenvalue weighted by molar-refractivity contribution is 0.102. The van der Waals surface area contributed by atoms with Crippen molar-refractivity contribution in [3.8, 4) is 5.75 Å². The van der Waals surface area contributed by atoms with Crippen molar-refractivity contribution in [1.29, 1.82) is 0 Å². The molecule has 1 aromatic heterocycles. The van der Waals surface area contributed by atoms with E-state index in [1.807, 2.05) is 38.1 Å². The number of rotatable bonds is 6. The van der Waals surface area contributed by atoms with Crippen molar-refractivity contribution in [2.45, 2.75) is 45.8 Å². The van der Waals surface area contributed by atoms with Gasteiger partial charge in [0.15, 0.2) is 0 Å². The quantitative estimate of drug-likeness (QED) is 0.851. The molecule has 0 aliphatic heterocycles. The molecule has 2 N–H and O–H groups in total. The molecule has 0 radical (unpaired) electrons. The summed E-state index contributed by atoms with van der Waals surface area (Å²) < 4.78 is 5.73. The number of carbonyl (C=O) groups is 1. The van der Waals surface area contributed by atoms with Crippen LogP contribution in [0.4, 0.5) is 11.5 Å². The van der Waals surface area contributed by atoms with E-state index in [4.69, 9.17) is 4.74 Å². The highest BCUT2D eigenvalue weighted by atomic mass is 16.5. The minimum Gasteiger partial charge on any atom is -0.489 e. The molecule has 0 saturated heterocycles. The van der Waals surface area contributed by atoms with Crippen molar-refractivity contribution in [1.82, 2.24) is 9.97 Å². The summed E-state index contributed by atoms with van der Waals surface area (Å²) >= 11 is 0. The Kier molecular flexibility index (Phi) is 4.64. The van der Waals surface area contributed by atoms with E-state index in [2.05, 4.69) is 20.6 Å². The number of amides is 1. The van der Waals surface area contributed by atoms with Crippen LogP contribution in [-0.4, -0.2) is 28.0 Å². The highest BCUT2D eigenvalue weighted by Gasteiger charge is 2.22.